The molecule has 3 nitrogen and oxygen atoms in total. The molecule has 21 heavy (non-hydrogen) atoms. The maximum absolute atomic E-state index is 11.4. The standard InChI is InChI=1S/C17H12ClNO2/c18-16-9-19-8-7-13(16)11-21-17-6-5-12-3-1-2-4-14(12)15(17)10-20/h1-10H,11H2. The lowest BCUT2D eigenvalue weighted by Crippen LogP contribution is -1.99. The highest BCUT2D eigenvalue weighted by atomic mass is 35.5. The Balaban J connectivity index is 1.94. The highest BCUT2D eigenvalue weighted by molar-refractivity contribution is 6.31. The average Bonchev–Trinajstić information content (AvgIpc) is 2.53. The fourth-order valence-electron chi connectivity index (χ4n) is 2.20. The van der Waals surface area contributed by atoms with E-state index < -0.39 is 0 Å². The van der Waals surface area contributed by atoms with Gasteiger partial charge < -0.3 is 4.74 Å². The minimum atomic E-state index is 0.292. The van der Waals surface area contributed by atoms with Gasteiger partial charge >= 0.3 is 0 Å². The first-order chi connectivity index (χ1) is 10.3. The van der Waals surface area contributed by atoms with E-state index in [2.05, 4.69) is 4.98 Å². The van der Waals surface area contributed by atoms with Gasteiger partial charge in [-0.15, -0.1) is 0 Å². The lowest BCUT2D eigenvalue weighted by molar-refractivity contribution is 0.112. The molecule has 0 spiro atoms. The molecular weight excluding hydrogens is 286 g/mol. The molecule has 2 aromatic carbocycles. The van der Waals surface area contributed by atoms with Crippen LogP contribution in [-0.4, -0.2) is 11.3 Å². The van der Waals surface area contributed by atoms with Gasteiger partial charge in [0.25, 0.3) is 0 Å². The molecule has 0 fully saturated rings. The Kier molecular flexibility index (Phi) is 3.84. The van der Waals surface area contributed by atoms with Gasteiger partial charge in [-0.3, -0.25) is 9.78 Å². The predicted molar refractivity (Wildman–Crippen MR) is 82.9 cm³/mol. The minimum absolute atomic E-state index is 0.292. The molecule has 1 aromatic heterocycles. The van der Waals surface area contributed by atoms with E-state index in [0.717, 1.165) is 22.6 Å². The normalized spacial score (nSPS) is 10.5. The Labute approximate surface area is 127 Å². The monoisotopic (exact) mass is 297 g/mol. The first kappa shape index (κ1) is 13.6. The van der Waals surface area contributed by atoms with E-state index in [0.29, 0.717) is 22.9 Å². The fraction of sp³-hybridized carbons (Fsp3) is 0.0588. The van der Waals surface area contributed by atoms with Crippen LogP contribution in [0.2, 0.25) is 5.02 Å². The summed E-state index contributed by atoms with van der Waals surface area (Å²) in [5.41, 5.74) is 1.38. The Morgan fingerprint density at radius 2 is 2.00 bits per heavy atom. The summed E-state index contributed by atoms with van der Waals surface area (Å²) in [6, 6.07) is 13.3. The van der Waals surface area contributed by atoms with Gasteiger partial charge in [-0.2, -0.15) is 0 Å². The second-order valence-corrected chi connectivity index (χ2v) is 4.98. The number of aromatic nitrogens is 1. The zero-order chi connectivity index (χ0) is 14.7. The van der Waals surface area contributed by atoms with Gasteiger partial charge in [-0.1, -0.05) is 41.9 Å². The summed E-state index contributed by atoms with van der Waals surface area (Å²) in [7, 11) is 0. The summed E-state index contributed by atoms with van der Waals surface area (Å²) >= 11 is 6.05. The van der Waals surface area contributed by atoms with Crippen molar-refractivity contribution < 1.29 is 9.53 Å². The molecule has 0 saturated heterocycles. The number of fused-ring (bicyclic) bond motifs is 1. The van der Waals surface area contributed by atoms with Crippen LogP contribution >= 0.6 is 11.6 Å². The number of ether oxygens (including phenoxy) is 1. The maximum Gasteiger partial charge on any atom is 0.154 e. The lowest BCUT2D eigenvalue weighted by atomic mass is 10.0. The van der Waals surface area contributed by atoms with Crippen molar-refractivity contribution in [2.45, 2.75) is 6.61 Å². The van der Waals surface area contributed by atoms with Crippen molar-refractivity contribution >= 4 is 28.7 Å². The summed E-state index contributed by atoms with van der Waals surface area (Å²) in [6.07, 6.45) is 4.05. The van der Waals surface area contributed by atoms with E-state index in [9.17, 15) is 4.79 Å². The Hall–Kier alpha value is -2.39. The molecule has 1 heterocycles. The number of hydrogen-bond donors (Lipinski definition) is 0. The second kappa shape index (κ2) is 5.94. The van der Waals surface area contributed by atoms with Crippen molar-refractivity contribution in [2.24, 2.45) is 0 Å². The van der Waals surface area contributed by atoms with Gasteiger partial charge in [0.05, 0.1) is 10.6 Å². The molecule has 0 unspecified atom stereocenters. The van der Waals surface area contributed by atoms with Crippen LogP contribution in [0.1, 0.15) is 15.9 Å². The number of halogens is 1. The molecule has 4 heteroatoms. The van der Waals surface area contributed by atoms with Gasteiger partial charge in [0.2, 0.25) is 0 Å². The summed E-state index contributed by atoms with van der Waals surface area (Å²) < 4.78 is 5.76. The first-order valence-electron chi connectivity index (χ1n) is 6.47. The van der Waals surface area contributed by atoms with E-state index in [1.54, 1.807) is 24.5 Å². The number of nitrogens with zero attached hydrogens (tertiary/aromatic N) is 1. The fourth-order valence-corrected chi connectivity index (χ4v) is 2.37. The molecule has 0 atom stereocenters. The third kappa shape index (κ3) is 2.73. The average molecular weight is 298 g/mol. The molecule has 0 saturated carbocycles. The van der Waals surface area contributed by atoms with Crippen molar-refractivity contribution in [1.82, 2.24) is 4.98 Å². The van der Waals surface area contributed by atoms with E-state index in [1.165, 1.54) is 0 Å². The lowest BCUT2D eigenvalue weighted by Gasteiger charge is -2.11. The van der Waals surface area contributed by atoms with E-state index in [1.807, 2.05) is 30.3 Å². The van der Waals surface area contributed by atoms with Gasteiger partial charge in [-0.25, -0.2) is 0 Å². The van der Waals surface area contributed by atoms with Crippen molar-refractivity contribution in [3.8, 4) is 5.75 Å². The summed E-state index contributed by atoms with van der Waals surface area (Å²) in [6.45, 7) is 0.292. The van der Waals surface area contributed by atoms with Gasteiger partial charge in [0.15, 0.2) is 6.29 Å². The van der Waals surface area contributed by atoms with E-state index in [-0.39, 0.29) is 0 Å². The molecule has 104 valence electrons. The third-order valence-corrected chi connectivity index (χ3v) is 3.63. The number of aldehydes is 1. The zero-order valence-electron chi connectivity index (χ0n) is 11.1. The molecule has 0 aliphatic heterocycles. The zero-order valence-corrected chi connectivity index (χ0v) is 11.9. The number of rotatable bonds is 4. The third-order valence-electron chi connectivity index (χ3n) is 3.29. The van der Waals surface area contributed by atoms with Crippen LogP contribution < -0.4 is 4.74 Å². The molecule has 3 rings (SSSR count). The smallest absolute Gasteiger partial charge is 0.154 e. The predicted octanol–water partition coefficient (Wildman–Crippen LogP) is 4.28. The van der Waals surface area contributed by atoms with Crippen molar-refractivity contribution in [2.75, 3.05) is 0 Å². The number of carbonyl (C=O) groups excluding carboxylic acids is 1. The van der Waals surface area contributed by atoms with Crippen LogP contribution in [0, 0.1) is 0 Å². The van der Waals surface area contributed by atoms with E-state index in [4.69, 9.17) is 16.3 Å². The minimum Gasteiger partial charge on any atom is -0.488 e. The molecule has 0 amide bonds. The molecule has 0 radical (unpaired) electrons. The molecular formula is C17H12ClNO2. The maximum atomic E-state index is 11.4. The van der Waals surface area contributed by atoms with Crippen LogP contribution in [0.3, 0.4) is 0 Å². The summed E-state index contributed by atoms with van der Waals surface area (Å²) in [4.78, 5) is 15.3. The quantitative estimate of drug-likeness (QED) is 0.675. The van der Waals surface area contributed by atoms with Crippen LogP contribution in [0.25, 0.3) is 10.8 Å². The number of carbonyl (C=O) groups is 1. The molecule has 0 aliphatic carbocycles. The van der Waals surface area contributed by atoms with Crippen LogP contribution in [0.15, 0.2) is 54.9 Å². The second-order valence-electron chi connectivity index (χ2n) is 4.57. The topological polar surface area (TPSA) is 39.2 Å². The molecule has 0 bridgehead atoms. The molecule has 0 N–H and O–H groups in total. The largest absolute Gasteiger partial charge is 0.488 e. The number of hydrogen-bond acceptors (Lipinski definition) is 3. The van der Waals surface area contributed by atoms with E-state index >= 15 is 0 Å². The molecule has 3 aromatic rings. The number of benzene rings is 2. The highest BCUT2D eigenvalue weighted by Gasteiger charge is 2.09. The van der Waals surface area contributed by atoms with Gasteiger partial charge in [0.1, 0.15) is 12.4 Å². The summed E-state index contributed by atoms with van der Waals surface area (Å²) in [5.74, 6) is 0.552. The van der Waals surface area contributed by atoms with Crippen molar-refractivity contribution in [3.63, 3.8) is 0 Å². The van der Waals surface area contributed by atoms with Crippen LogP contribution in [0.4, 0.5) is 0 Å². The van der Waals surface area contributed by atoms with Crippen molar-refractivity contribution in [3.05, 3.63) is 71.0 Å². The Bertz CT molecular complexity index is 802. The SMILES string of the molecule is O=Cc1c(OCc2ccncc2Cl)ccc2ccccc12. The Morgan fingerprint density at radius 1 is 1.14 bits per heavy atom. The number of pyridine rings is 1. The van der Waals surface area contributed by atoms with Gasteiger partial charge in [0, 0.05) is 18.0 Å². The van der Waals surface area contributed by atoms with Crippen LogP contribution in [-0.2, 0) is 6.61 Å². The highest BCUT2D eigenvalue weighted by Crippen LogP contribution is 2.27. The van der Waals surface area contributed by atoms with Crippen molar-refractivity contribution in [1.29, 1.82) is 0 Å². The van der Waals surface area contributed by atoms with Crippen LogP contribution in [0.5, 0.6) is 5.75 Å². The molecule has 0 aliphatic rings. The summed E-state index contributed by atoms with van der Waals surface area (Å²) in [5, 5.41) is 2.44. The first-order valence-corrected chi connectivity index (χ1v) is 6.85. The Morgan fingerprint density at radius 3 is 2.81 bits per heavy atom. The van der Waals surface area contributed by atoms with Gasteiger partial charge in [-0.05, 0) is 22.9 Å².